The number of rotatable bonds is 8. The Balaban J connectivity index is 1.58. The number of benzene rings is 1. The first-order valence-corrected chi connectivity index (χ1v) is 12.0. The number of amides is 1. The second-order valence-corrected chi connectivity index (χ2v) is 8.62. The number of ether oxygens (including phenoxy) is 1. The van der Waals surface area contributed by atoms with E-state index in [-0.39, 0.29) is 28.9 Å². The number of halogens is 4. The smallest absolute Gasteiger partial charge is 0.257 e. The average molecular weight is 536 g/mol. The number of anilines is 2. The van der Waals surface area contributed by atoms with Crippen molar-refractivity contribution in [2.45, 2.75) is 6.61 Å². The van der Waals surface area contributed by atoms with Crippen LogP contribution in [0.25, 0.3) is 5.82 Å². The predicted octanol–water partition coefficient (Wildman–Crippen LogP) is 6.37. The third-order valence-electron chi connectivity index (χ3n) is 4.59. The molecule has 0 aliphatic carbocycles. The Morgan fingerprint density at radius 1 is 1.06 bits per heavy atom. The van der Waals surface area contributed by atoms with Gasteiger partial charge >= 0.3 is 0 Å². The number of hydrogen-bond acceptors (Lipinski definition) is 6. The Morgan fingerprint density at radius 2 is 1.83 bits per heavy atom. The van der Waals surface area contributed by atoms with Gasteiger partial charge in [0.15, 0.2) is 11.6 Å². The van der Waals surface area contributed by atoms with Crippen molar-refractivity contribution >= 4 is 52.4 Å². The molecule has 0 fully saturated rings. The van der Waals surface area contributed by atoms with Crippen molar-refractivity contribution < 1.29 is 18.3 Å². The van der Waals surface area contributed by atoms with E-state index in [0.29, 0.717) is 16.3 Å². The topological polar surface area (TPSA) is 81.1 Å². The molecule has 35 heavy (non-hydrogen) atoms. The summed E-state index contributed by atoms with van der Waals surface area (Å²) in [4.78, 5) is 20.7. The minimum Gasteiger partial charge on any atom is -0.485 e. The van der Waals surface area contributed by atoms with Gasteiger partial charge in [-0.2, -0.15) is 0 Å². The predicted molar refractivity (Wildman–Crippen MR) is 134 cm³/mol. The first-order chi connectivity index (χ1) is 16.8. The van der Waals surface area contributed by atoms with Crippen molar-refractivity contribution in [1.82, 2.24) is 14.5 Å². The summed E-state index contributed by atoms with van der Waals surface area (Å²) in [6.07, 6.45) is 6.79. The van der Waals surface area contributed by atoms with Crippen molar-refractivity contribution in [3.05, 3.63) is 94.1 Å². The van der Waals surface area contributed by atoms with Crippen LogP contribution in [0, 0.1) is 11.6 Å². The van der Waals surface area contributed by atoms with Gasteiger partial charge in [-0.3, -0.25) is 14.3 Å². The van der Waals surface area contributed by atoms with Crippen LogP contribution < -0.4 is 14.8 Å². The lowest BCUT2D eigenvalue weighted by Crippen LogP contribution is -2.11. The van der Waals surface area contributed by atoms with Gasteiger partial charge in [0.2, 0.25) is 0 Å². The number of carbonyl (C=O) groups excluding carboxylic acids is 1. The number of nitrogens with one attached hydrogen (secondary N) is 2. The summed E-state index contributed by atoms with van der Waals surface area (Å²) < 4.78 is 37.4. The summed E-state index contributed by atoms with van der Waals surface area (Å²) in [5.41, 5.74) is 1.87. The molecule has 0 atom stereocenters. The van der Waals surface area contributed by atoms with Crippen molar-refractivity contribution in [2.24, 2.45) is 0 Å². The van der Waals surface area contributed by atoms with Gasteiger partial charge in [0.25, 0.3) is 5.91 Å². The molecular weight excluding hydrogens is 519 g/mol. The third kappa shape index (κ3) is 6.21. The summed E-state index contributed by atoms with van der Waals surface area (Å²) in [5.74, 6) is -1.42. The van der Waals surface area contributed by atoms with Crippen LogP contribution in [0.2, 0.25) is 10.2 Å². The molecule has 0 spiro atoms. The molecule has 3 heterocycles. The molecule has 3 aromatic heterocycles. The Morgan fingerprint density at radius 3 is 2.60 bits per heavy atom. The molecule has 7 nitrogen and oxygen atoms in total. The second kappa shape index (κ2) is 10.9. The van der Waals surface area contributed by atoms with E-state index in [1.165, 1.54) is 41.0 Å². The highest BCUT2D eigenvalue weighted by molar-refractivity contribution is 7.99. The first kappa shape index (κ1) is 24.8. The van der Waals surface area contributed by atoms with Gasteiger partial charge < -0.3 is 14.8 Å². The molecule has 12 heteroatoms. The number of pyridine rings is 2. The molecule has 0 bridgehead atoms. The summed E-state index contributed by atoms with van der Waals surface area (Å²) in [6, 6.07) is 8.88. The minimum atomic E-state index is -0.641. The zero-order valence-corrected chi connectivity index (χ0v) is 20.4. The van der Waals surface area contributed by atoms with Crippen molar-refractivity contribution in [3.63, 3.8) is 0 Å². The molecule has 0 saturated carbocycles. The van der Waals surface area contributed by atoms with Crippen LogP contribution in [-0.4, -0.2) is 26.7 Å². The molecule has 0 radical (unpaired) electrons. The van der Waals surface area contributed by atoms with Gasteiger partial charge in [-0.25, -0.2) is 13.8 Å². The van der Waals surface area contributed by atoms with E-state index in [1.807, 2.05) is 6.26 Å². The van der Waals surface area contributed by atoms with E-state index in [2.05, 4.69) is 20.0 Å². The van der Waals surface area contributed by atoms with E-state index < -0.39 is 17.5 Å². The van der Waals surface area contributed by atoms with Crippen LogP contribution in [0.5, 0.6) is 5.75 Å². The summed E-state index contributed by atoms with van der Waals surface area (Å²) in [7, 11) is 0. The fraction of sp³-hybridized carbons (Fsp3) is 0.0870. The van der Waals surface area contributed by atoms with Gasteiger partial charge in [-0.1, -0.05) is 35.1 Å². The maximum Gasteiger partial charge on any atom is 0.257 e. The van der Waals surface area contributed by atoms with Crippen LogP contribution in [0.4, 0.5) is 20.2 Å². The molecule has 1 aromatic carbocycles. The van der Waals surface area contributed by atoms with Gasteiger partial charge in [-0.15, -0.1) is 0 Å². The molecule has 0 unspecified atom stereocenters. The van der Waals surface area contributed by atoms with Crippen LogP contribution in [0.15, 0.2) is 61.2 Å². The summed E-state index contributed by atoms with van der Waals surface area (Å²) in [5, 5.41) is 3.35. The maximum atomic E-state index is 13.9. The standard InChI is InChI=1S/C23H17Cl2F2N5O2S/c1-35-31-19-5-15(24)4-18(7-19)30-23(33)14-3-21(25)32(11-14)22-20(6-17(27)10-29-22)34-12-13-2-16(26)9-28-8-13/h2-11,31H,12H2,1H3,(H,30,33). The van der Waals surface area contributed by atoms with Gasteiger partial charge in [0.05, 0.1) is 18.0 Å². The molecule has 0 aliphatic rings. The summed E-state index contributed by atoms with van der Waals surface area (Å²) in [6.45, 7) is -0.0870. The Bertz CT molecular complexity index is 1390. The molecule has 1 amide bonds. The Labute approximate surface area is 213 Å². The average Bonchev–Trinajstić information content (AvgIpc) is 3.19. The van der Waals surface area contributed by atoms with Crippen molar-refractivity contribution in [1.29, 1.82) is 0 Å². The van der Waals surface area contributed by atoms with E-state index in [0.717, 1.165) is 24.1 Å². The molecule has 180 valence electrons. The van der Waals surface area contributed by atoms with Crippen LogP contribution in [0.1, 0.15) is 15.9 Å². The highest BCUT2D eigenvalue weighted by atomic mass is 35.5. The number of carbonyl (C=O) groups is 1. The largest absolute Gasteiger partial charge is 0.485 e. The summed E-state index contributed by atoms with van der Waals surface area (Å²) >= 11 is 13.9. The monoisotopic (exact) mass is 535 g/mol. The molecule has 4 rings (SSSR count). The molecule has 0 saturated heterocycles. The van der Waals surface area contributed by atoms with Crippen molar-refractivity contribution in [3.8, 4) is 11.6 Å². The normalized spacial score (nSPS) is 10.8. The molecular formula is C23H17Cl2F2N5O2S. The third-order valence-corrected chi connectivity index (χ3v) is 5.54. The highest BCUT2D eigenvalue weighted by Gasteiger charge is 2.18. The van der Waals surface area contributed by atoms with Crippen LogP contribution in [0.3, 0.4) is 0 Å². The number of hydrogen-bond donors (Lipinski definition) is 2. The quantitative estimate of drug-likeness (QED) is 0.255. The van der Waals surface area contributed by atoms with E-state index in [9.17, 15) is 13.6 Å². The van der Waals surface area contributed by atoms with Crippen molar-refractivity contribution in [2.75, 3.05) is 16.3 Å². The minimum absolute atomic E-state index is 0.0429. The molecule has 0 aliphatic heterocycles. The molecule has 2 N–H and O–H groups in total. The zero-order valence-electron chi connectivity index (χ0n) is 18.1. The lowest BCUT2D eigenvalue weighted by Gasteiger charge is -2.12. The fourth-order valence-corrected chi connectivity index (χ4v) is 4.00. The van der Waals surface area contributed by atoms with Gasteiger partial charge in [-0.05, 0) is 30.3 Å². The van der Waals surface area contributed by atoms with E-state index in [1.54, 1.807) is 18.2 Å². The number of aromatic nitrogens is 3. The first-order valence-electron chi connectivity index (χ1n) is 9.99. The molecule has 4 aromatic rings. The van der Waals surface area contributed by atoms with Gasteiger partial charge in [0, 0.05) is 46.7 Å². The Hall–Kier alpha value is -3.34. The van der Waals surface area contributed by atoms with Gasteiger partial charge in [0.1, 0.15) is 23.4 Å². The lowest BCUT2D eigenvalue weighted by atomic mass is 10.2. The highest BCUT2D eigenvalue weighted by Crippen LogP contribution is 2.29. The number of nitrogens with zero attached hydrogens (tertiary/aromatic N) is 3. The lowest BCUT2D eigenvalue weighted by molar-refractivity contribution is 0.102. The van der Waals surface area contributed by atoms with Crippen LogP contribution >= 0.6 is 35.1 Å². The zero-order chi connectivity index (χ0) is 24.9. The SMILES string of the molecule is CSNc1cc(Cl)cc(NC(=O)c2cc(Cl)n(-c3ncc(F)cc3OCc3cncc(F)c3)c2)c1. The van der Waals surface area contributed by atoms with E-state index >= 15 is 0 Å². The maximum absolute atomic E-state index is 13.9. The second-order valence-electron chi connectivity index (χ2n) is 7.19. The Kier molecular flexibility index (Phi) is 7.74. The van der Waals surface area contributed by atoms with E-state index in [4.69, 9.17) is 27.9 Å². The van der Waals surface area contributed by atoms with Crippen LogP contribution in [-0.2, 0) is 6.61 Å². The fourth-order valence-electron chi connectivity index (χ4n) is 3.16.